The van der Waals surface area contributed by atoms with Crippen molar-refractivity contribution in [1.29, 1.82) is 0 Å². The summed E-state index contributed by atoms with van der Waals surface area (Å²) in [5.74, 6) is 2.67. The standard InChI is InChI=1S/C22H30O3.Ac/c1-4-25-20-11-14-5-6-16-15(18(14)12-17(20)13(2)23)9-10-22(3)19(16)7-8-21(22)24;/h11-12,15-16,19,21,24H,4-10H2,1-3H3;/t15?,16?,19?,21-,22-;/m0./s1. The second-order valence-corrected chi connectivity index (χ2v) is 8.59. The molecule has 0 aliphatic heterocycles. The van der Waals surface area contributed by atoms with Gasteiger partial charge in [0.1, 0.15) is 5.75 Å². The Morgan fingerprint density at radius 1 is 1.27 bits per heavy atom. The molecular formula is C22H30AcO3. The van der Waals surface area contributed by atoms with Crippen LogP contribution in [0.3, 0.4) is 0 Å². The number of carbonyl (C=O) groups excluding carboxylic acids is 1. The second-order valence-electron chi connectivity index (χ2n) is 8.59. The van der Waals surface area contributed by atoms with Crippen LogP contribution in [-0.4, -0.2) is 23.6 Å². The Balaban J connectivity index is 0.00000196. The quantitative estimate of drug-likeness (QED) is 0.546. The zero-order chi connectivity index (χ0) is 17.8. The van der Waals surface area contributed by atoms with Gasteiger partial charge in [-0.25, -0.2) is 0 Å². The zero-order valence-electron chi connectivity index (χ0n) is 16.3. The molecule has 0 amide bonds. The van der Waals surface area contributed by atoms with Crippen LogP contribution in [0.5, 0.6) is 5.75 Å². The van der Waals surface area contributed by atoms with E-state index in [-0.39, 0.29) is 61.4 Å². The summed E-state index contributed by atoms with van der Waals surface area (Å²) in [7, 11) is 0. The van der Waals surface area contributed by atoms with Crippen LogP contribution in [0.4, 0.5) is 0 Å². The SMILES string of the molecule is CCOc1cc2c(cc1C(C)=O)C1CC[C@@]3(C)C(CC[C@@H]3O)C1CC2.[Ac]. The van der Waals surface area contributed by atoms with Crippen molar-refractivity contribution < 1.29 is 58.7 Å². The summed E-state index contributed by atoms with van der Waals surface area (Å²) in [6, 6.07) is 4.26. The molecule has 139 valence electrons. The molecule has 3 nitrogen and oxygen atoms in total. The number of Topliss-reactive ketones (excluding diaryl/α,β-unsaturated/α-hetero) is 1. The molecular weight excluding hydrogens is 539 g/mol. The Hall–Kier alpha value is 0.0916. The van der Waals surface area contributed by atoms with E-state index in [0.29, 0.717) is 24.4 Å². The van der Waals surface area contributed by atoms with Crippen LogP contribution >= 0.6 is 0 Å². The predicted molar refractivity (Wildman–Crippen MR) is 98.2 cm³/mol. The van der Waals surface area contributed by atoms with Gasteiger partial charge in [-0.1, -0.05) is 6.92 Å². The maximum atomic E-state index is 12.2. The molecule has 3 aliphatic rings. The van der Waals surface area contributed by atoms with E-state index in [2.05, 4.69) is 19.1 Å². The molecule has 0 aromatic heterocycles. The van der Waals surface area contributed by atoms with Crippen LogP contribution < -0.4 is 4.74 Å². The summed E-state index contributed by atoms with van der Waals surface area (Å²) < 4.78 is 5.75. The molecule has 2 saturated carbocycles. The van der Waals surface area contributed by atoms with E-state index in [1.54, 1.807) is 6.92 Å². The first-order valence-electron chi connectivity index (χ1n) is 9.94. The van der Waals surface area contributed by atoms with Crippen molar-refractivity contribution in [1.82, 2.24) is 0 Å². The molecule has 4 rings (SSSR count). The van der Waals surface area contributed by atoms with Crippen LogP contribution in [0, 0.1) is 61.3 Å². The van der Waals surface area contributed by atoms with E-state index in [4.69, 9.17) is 4.74 Å². The normalized spacial score (nSPS) is 34.9. The van der Waals surface area contributed by atoms with Gasteiger partial charge in [0.15, 0.2) is 5.78 Å². The number of ether oxygens (including phenoxy) is 1. The number of hydrogen-bond donors (Lipinski definition) is 1. The smallest absolute Gasteiger partial charge is 0.163 e. The van der Waals surface area contributed by atoms with E-state index in [1.807, 2.05) is 6.92 Å². The van der Waals surface area contributed by atoms with Crippen LogP contribution in [0.2, 0.25) is 0 Å². The van der Waals surface area contributed by atoms with E-state index in [9.17, 15) is 9.90 Å². The molecule has 0 heterocycles. The van der Waals surface area contributed by atoms with Crippen molar-refractivity contribution in [3.63, 3.8) is 0 Å². The third-order valence-electron chi connectivity index (χ3n) is 7.45. The molecule has 0 bridgehead atoms. The number of carbonyl (C=O) groups is 1. The summed E-state index contributed by atoms with van der Waals surface area (Å²) in [6.45, 7) is 6.49. The van der Waals surface area contributed by atoms with Gasteiger partial charge in [-0.2, -0.15) is 0 Å². The van der Waals surface area contributed by atoms with E-state index in [0.717, 1.165) is 43.4 Å². The van der Waals surface area contributed by atoms with E-state index < -0.39 is 0 Å². The van der Waals surface area contributed by atoms with Gasteiger partial charge < -0.3 is 9.84 Å². The summed E-state index contributed by atoms with van der Waals surface area (Å²) in [4.78, 5) is 12.2. The fourth-order valence-electron chi connectivity index (χ4n) is 6.12. The van der Waals surface area contributed by atoms with Gasteiger partial charge in [0, 0.05) is 44.1 Å². The van der Waals surface area contributed by atoms with Crippen molar-refractivity contribution in [2.75, 3.05) is 6.61 Å². The molecule has 3 unspecified atom stereocenters. The number of hydrogen-bond acceptors (Lipinski definition) is 3. The van der Waals surface area contributed by atoms with Gasteiger partial charge in [-0.3, -0.25) is 4.79 Å². The fourth-order valence-corrected chi connectivity index (χ4v) is 6.12. The molecule has 4 heteroatoms. The van der Waals surface area contributed by atoms with Crippen molar-refractivity contribution in [2.45, 2.75) is 71.3 Å². The predicted octanol–water partition coefficient (Wildman–Crippen LogP) is 4.50. The third kappa shape index (κ3) is 3.23. The number of rotatable bonds is 3. The molecule has 0 saturated heterocycles. The molecule has 1 radical (unpaired) electrons. The van der Waals surface area contributed by atoms with Gasteiger partial charge in [0.05, 0.1) is 18.3 Å². The minimum atomic E-state index is -0.132. The van der Waals surface area contributed by atoms with Crippen molar-refractivity contribution >= 4 is 5.78 Å². The average molecular weight is 569 g/mol. The van der Waals surface area contributed by atoms with Crippen LogP contribution in [0.1, 0.15) is 80.3 Å². The fraction of sp³-hybridized carbons (Fsp3) is 0.682. The van der Waals surface area contributed by atoms with Gasteiger partial charge in [-0.15, -0.1) is 0 Å². The monoisotopic (exact) mass is 569 g/mol. The topological polar surface area (TPSA) is 46.5 Å². The number of aryl methyl sites for hydroxylation is 1. The molecule has 2 fully saturated rings. The summed E-state index contributed by atoms with van der Waals surface area (Å²) in [5, 5.41) is 10.5. The zero-order valence-corrected chi connectivity index (χ0v) is 21.0. The van der Waals surface area contributed by atoms with E-state index in [1.165, 1.54) is 17.5 Å². The minimum absolute atomic E-state index is 0. The summed E-state index contributed by atoms with van der Waals surface area (Å²) in [5.41, 5.74) is 3.60. The number of fused-ring (bicyclic) bond motifs is 5. The minimum Gasteiger partial charge on any atom is -0.493 e. The molecule has 5 atom stereocenters. The number of ketones is 1. The largest absolute Gasteiger partial charge is 0.493 e. The Morgan fingerprint density at radius 2 is 2.04 bits per heavy atom. The van der Waals surface area contributed by atoms with Gasteiger partial charge >= 0.3 is 0 Å². The average Bonchev–Trinajstić information content (AvgIpc) is 2.89. The van der Waals surface area contributed by atoms with Gasteiger partial charge in [0.25, 0.3) is 0 Å². The molecule has 1 aromatic carbocycles. The van der Waals surface area contributed by atoms with Crippen LogP contribution in [0.25, 0.3) is 0 Å². The Kier molecular flexibility index (Phi) is 6.28. The molecule has 3 aliphatic carbocycles. The van der Waals surface area contributed by atoms with Crippen LogP contribution in [-0.2, 0) is 6.42 Å². The Bertz CT molecular complexity index is 701. The third-order valence-corrected chi connectivity index (χ3v) is 7.45. The Labute approximate surface area is 192 Å². The van der Waals surface area contributed by atoms with Crippen molar-refractivity contribution in [3.8, 4) is 5.75 Å². The molecule has 1 aromatic rings. The van der Waals surface area contributed by atoms with Crippen LogP contribution in [0.15, 0.2) is 12.1 Å². The number of benzene rings is 1. The first-order chi connectivity index (χ1) is 12.0. The van der Waals surface area contributed by atoms with Gasteiger partial charge in [0.2, 0.25) is 0 Å². The first-order valence-corrected chi connectivity index (χ1v) is 9.94. The second kappa shape index (κ2) is 7.84. The number of aliphatic hydroxyl groups excluding tert-OH is 1. The first kappa shape index (κ1) is 20.8. The van der Waals surface area contributed by atoms with Crippen molar-refractivity contribution in [3.05, 3.63) is 28.8 Å². The maximum absolute atomic E-state index is 12.2. The Morgan fingerprint density at radius 3 is 2.73 bits per heavy atom. The molecule has 26 heavy (non-hydrogen) atoms. The molecule has 0 spiro atoms. The molecule has 1 N–H and O–H groups in total. The van der Waals surface area contributed by atoms with Gasteiger partial charge in [-0.05, 0) is 98.8 Å². The summed E-state index contributed by atoms with van der Waals surface area (Å²) in [6.07, 6.45) is 6.49. The van der Waals surface area contributed by atoms with E-state index >= 15 is 0 Å². The van der Waals surface area contributed by atoms with Crippen molar-refractivity contribution in [2.24, 2.45) is 17.3 Å². The summed E-state index contributed by atoms with van der Waals surface area (Å²) >= 11 is 0. The maximum Gasteiger partial charge on any atom is 0.163 e. The number of aliphatic hydroxyl groups is 1.